The second kappa shape index (κ2) is 9.29. The summed E-state index contributed by atoms with van der Waals surface area (Å²) < 4.78 is 6.20. The molecule has 0 saturated carbocycles. The van der Waals surface area contributed by atoms with Gasteiger partial charge in [0.1, 0.15) is 13.2 Å². The lowest BCUT2D eigenvalue weighted by atomic mass is 10.2. The molecule has 25 heavy (non-hydrogen) atoms. The zero-order chi connectivity index (χ0) is 18.2. The molecule has 6 nitrogen and oxygen atoms in total. The number of nitrogens with zero attached hydrogens (tertiary/aromatic N) is 2. The van der Waals surface area contributed by atoms with Gasteiger partial charge in [0.25, 0.3) is 5.91 Å². The van der Waals surface area contributed by atoms with Gasteiger partial charge in [-0.05, 0) is 42.3 Å². The van der Waals surface area contributed by atoms with Crippen LogP contribution in [0, 0.1) is 6.92 Å². The second-order valence-corrected chi connectivity index (χ2v) is 6.37. The molecule has 0 unspecified atom stereocenters. The lowest BCUT2D eigenvalue weighted by molar-refractivity contribution is -0.129. The fourth-order valence-electron chi connectivity index (χ4n) is 2.06. The van der Waals surface area contributed by atoms with Crippen molar-refractivity contribution in [1.29, 1.82) is 0 Å². The normalized spacial score (nSPS) is 10.4. The molecular formula is C18H20BrN3O3. The van der Waals surface area contributed by atoms with Crippen LogP contribution in [0.1, 0.15) is 11.1 Å². The van der Waals surface area contributed by atoms with Crippen LogP contribution < -0.4 is 10.2 Å². The maximum atomic E-state index is 12.1. The second-order valence-electron chi connectivity index (χ2n) is 5.52. The standard InChI is InChI=1S/C18H20BrN3O3/c1-13-8-15(5-6-16(13)19)22(2)18(24)12-25-11-17(23)21-10-14-4-3-7-20-9-14/h3-9H,10-12H2,1-2H3,(H,21,23). The van der Waals surface area contributed by atoms with Crippen LogP contribution in [0.25, 0.3) is 0 Å². The maximum absolute atomic E-state index is 12.1. The van der Waals surface area contributed by atoms with Crippen molar-refractivity contribution in [2.24, 2.45) is 0 Å². The predicted molar refractivity (Wildman–Crippen MR) is 99.2 cm³/mol. The minimum absolute atomic E-state index is 0.161. The van der Waals surface area contributed by atoms with Crippen LogP contribution in [-0.2, 0) is 20.9 Å². The highest BCUT2D eigenvalue weighted by molar-refractivity contribution is 9.10. The topological polar surface area (TPSA) is 71.5 Å². The van der Waals surface area contributed by atoms with Gasteiger partial charge in [0, 0.05) is 36.1 Å². The summed E-state index contributed by atoms with van der Waals surface area (Å²) in [6.07, 6.45) is 3.35. The molecule has 2 aromatic rings. The third-order valence-corrected chi connectivity index (χ3v) is 4.46. The molecule has 0 atom stereocenters. The van der Waals surface area contributed by atoms with Gasteiger partial charge in [0.05, 0.1) is 0 Å². The Morgan fingerprint density at radius 2 is 2.08 bits per heavy atom. The van der Waals surface area contributed by atoms with E-state index in [1.54, 1.807) is 25.5 Å². The third kappa shape index (κ3) is 5.95. The van der Waals surface area contributed by atoms with Crippen molar-refractivity contribution in [1.82, 2.24) is 10.3 Å². The van der Waals surface area contributed by atoms with Gasteiger partial charge < -0.3 is 15.0 Å². The SMILES string of the molecule is Cc1cc(N(C)C(=O)COCC(=O)NCc2cccnc2)ccc1Br. The monoisotopic (exact) mass is 405 g/mol. The van der Waals surface area contributed by atoms with Crippen LogP contribution in [0.5, 0.6) is 0 Å². The first-order valence-electron chi connectivity index (χ1n) is 7.73. The minimum Gasteiger partial charge on any atom is -0.362 e. The molecule has 7 heteroatoms. The van der Waals surface area contributed by atoms with Crippen LogP contribution in [0.4, 0.5) is 5.69 Å². The molecular weight excluding hydrogens is 386 g/mol. The van der Waals surface area contributed by atoms with Crippen LogP contribution in [0.2, 0.25) is 0 Å². The summed E-state index contributed by atoms with van der Waals surface area (Å²) in [5.74, 6) is -0.499. The van der Waals surface area contributed by atoms with Crippen molar-refractivity contribution >= 4 is 33.4 Å². The Morgan fingerprint density at radius 3 is 2.76 bits per heavy atom. The number of nitrogens with one attached hydrogen (secondary N) is 1. The number of likely N-dealkylation sites (N-methyl/N-ethyl adjacent to an activating group) is 1. The first-order valence-corrected chi connectivity index (χ1v) is 8.52. The maximum Gasteiger partial charge on any atom is 0.252 e. The molecule has 0 bridgehead atoms. The van der Waals surface area contributed by atoms with Crippen molar-refractivity contribution in [2.75, 3.05) is 25.2 Å². The number of halogens is 1. The van der Waals surface area contributed by atoms with Crippen LogP contribution in [0.15, 0.2) is 47.2 Å². The van der Waals surface area contributed by atoms with E-state index in [0.717, 1.165) is 21.3 Å². The number of anilines is 1. The summed E-state index contributed by atoms with van der Waals surface area (Å²) in [6, 6.07) is 9.31. The number of carbonyl (C=O) groups excluding carboxylic acids is 2. The summed E-state index contributed by atoms with van der Waals surface area (Å²) in [4.78, 5) is 29.4. The molecule has 0 radical (unpaired) electrons. The predicted octanol–water partition coefficient (Wildman–Crippen LogP) is 2.45. The molecule has 0 spiro atoms. The van der Waals surface area contributed by atoms with E-state index in [4.69, 9.17) is 4.74 Å². The highest BCUT2D eigenvalue weighted by Crippen LogP contribution is 2.22. The van der Waals surface area contributed by atoms with E-state index in [-0.39, 0.29) is 25.0 Å². The molecule has 1 N–H and O–H groups in total. The smallest absolute Gasteiger partial charge is 0.252 e. The number of rotatable bonds is 7. The van der Waals surface area contributed by atoms with Crippen molar-refractivity contribution in [3.05, 3.63) is 58.3 Å². The van der Waals surface area contributed by atoms with Crippen LogP contribution in [0.3, 0.4) is 0 Å². The Labute approximate surface area is 155 Å². The summed E-state index contributed by atoms with van der Waals surface area (Å²) in [5, 5.41) is 2.71. The van der Waals surface area contributed by atoms with E-state index >= 15 is 0 Å². The number of ether oxygens (including phenoxy) is 1. The molecule has 1 heterocycles. The fourth-order valence-corrected chi connectivity index (χ4v) is 2.31. The number of aromatic nitrogens is 1. The number of aryl methyl sites for hydroxylation is 1. The summed E-state index contributed by atoms with van der Waals surface area (Å²) in [5.41, 5.74) is 2.71. The third-order valence-electron chi connectivity index (χ3n) is 3.57. The molecule has 0 fully saturated rings. The Morgan fingerprint density at radius 1 is 1.28 bits per heavy atom. The van der Waals surface area contributed by atoms with E-state index in [9.17, 15) is 9.59 Å². The van der Waals surface area contributed by atoms with Gasteiger partial charge in [0.15, 0.2) is 0 Å². The molecule has 1 aromatic carbocycles. The number of pyridine rings is 1. The number of benzene rings is 1. The molecule has 2 rings (SSSR count). The number of hydrogen-bond donors (Lipinski definition) is 1. The van der Waals surface area contributed by atoms with E-state index in [2.05, 4.69) is 26.2 Å². The first-order chi connectivity index (χ1) is 12.0. The average molecular weight is 406 g/mol. The van der Waals surface area contributed by atoms with E-state index in [0.29, 0.717) is 6.54 Å². The van der Waals surface area contributed by atoms with Crippen LogP contribution in [-0.4, -0.2) is 37.1 Å². The van der Waals surface area contributed by atoms with Gasteiger partial charge in [-0.25, -0.2) is 0 Å². The van der Waals surface area contributed by atoms with Crippen molar-refractivity contribution in [3.63, 3.8) is 0 Å². The molecule has 0 aliphatic heterocycles. The summed E-state index contributed by atoms with van der Waals surface area (Å²) in [6.45, 7) is 2.00. The lowest BCUT2D eigenvalue weighted by Gasteiger charge is -2.18. The molecule has 2 amide bonds. The van der Waals surface area contributed by atoms with Gasteiger partial charge in [-0.1, -0.05) is 22.0 Å². The van der Waals surface area contributed by atoms with E-state index in [1.165, 1.54) is 4.90 Å². The molecule has 0 aliphatic rings. The van der Waals surface area contributed by atoms with Crippen molar-refractivity contribution in [2.45, 2.75) is 13.5 Å². The Kier molecular flexibility index (Phi) is 7.09. The summed E-state index contributed by atoms with van der Waals surface area (Å²) in [7, 11) is 1.68. The highest BCUT2D eigenvalue weighted by atomic mass is 79.9. The molecule has 0 saturated heterocycles. The van der Waals surface area contributed by atoms with Gasteiger partial charge in [-0.15, -0.1) is 0 Å². The zero-order valence-electron chi connectivity index (χ0n) is 14.2. The molecule has 1 aromatic heterocycles. The van der Waals surface area contributed by atoms with E-state index < -0.39 is 0 Å². The number of carbonyl (C=O) groups is 2. The Bertz CT molecular complexity index is 738. The Hall–Kier alpha value is -2.25. The summed E-state index contributed by atoms with van der Waals surface area (Å²) >= 11 is 3.43. The quantitative estimate of drug-likeness (QED) is 0.767. The van der Waals surface area contributed by atoms with Gasteiger partial charge >= 0.3 is 0 Å². The van der Waals surface area contributed by atoms with Gasteiger partial charge in [0.2, 0.25) is 5.91 Å². The van der Waals surface area contributed by atoms with E-state index in [1.807, 2.05) is 31.2 Å². The first kappa shape index (κ1) is 19.1. The van der Waals surface area contributed by atoms with Gasteiger partial charge in [-0.2, -0.15) is 0 Å². The minimum atomic E-state index is -0.279. The molecule has 0 aliphatic carbocycles. The largest absolute Gasteiger partial charge is 0.362 e. The Balaban J connectivity index is 1.73. The number of amides is 2. The fraction of sp³-hybridized carbons (Fsp3) is 0.278. The average Bonchev–Trinajstić information content (AvgIpc) is 2.62. The van der Waals surface area contributed by atoms with Crippen molar-refractivity contribution < 1.29 is 14.3 Å². The zero-order valence-corrected chi connectivity index (χ0v) is 15.7. The highest BCUT2D eigenvalue weighted by Gasteiger charge is 2.13. The van der Waals surface area contributed by atoms with Gasteiger partial charge in [-0.3, -0.25) is 14.6 Å². The van der Waals surface area contributed by atoms with Crippen LogP contribution >= 0.6 is 15.9 Å². The number of hydrogen-bond acceptors (Lipinski definition) is 4. The molecule has 132 valence electrons. The van der Waals surface area contributed by atoms with Crippen molar-refractivity contribution in [3.8, 4) is 0 Å². The lowest BCUT2D eigenvalue weighted by Crippen LogP contribution is -2.33.